The van der Waals surface area contributed by atoms with Crippen LogP contribution in [0.5, 0.6) is 0 Å². The van der Waals surface area contributed by atoms with E-state index in [9.17, 15) is 4.79 Å². The molecule has 0 aromatic rings. The standard InChI is InChI=1S/C11H23N3O/c1-9(2)3-4-13-11(15)8-14-6-10(5-12)7-14/h9-10H,3-8,12H2,1-2H3,(H,13,15). The molecule has 0 aliphatic carbocycles. The van der Waals surface area contributed by atoms with E-state index in [1.54, 1.807) is 0 Å². The number of nitrogens with one attached hydrogen (secondary N) is 1. The molecule has 1 amide bonds. The first-order valence-corrected chi connectivity index (χ1v) is 5.81. The normalized spacial score (nSPS) is 17.9. The van der Waals surface area contributed by atoms with Crippen LogP contribution in [0.2, 0.25) is 0 Å². The molecular weight excluding hydrogens is 190 g/mol. The number of likely N-dealkylation sites (tertiary alicyclic amines) is 1. The number of hydrogen-bond donors (Lipinski definition) is 2. The third-order valence-corrected chi connectivity index (χ3v) is 2.78. The smallest absolute Gasteiger partial charge is 0.234 e. The van der Waals surface area contributed by atoms with Gasteiger partial charge in [0, 0.05) is 19.6 Å². The Labute approximate surface area is 92.2 Å². The van der Waals surface area contributed by atoms with Crippen molar-refractivity contribution in [2.45, 2.75) is 20.3 Å². The molecule has 4 heteroatoms. The van der Waals surface area contributed by atoms with Gasteiger partial charge in [-0.25, -0.2) is 0 Å². The molecule has 1 saturated heterocycles. The van der Waals surface area contributed by atoms with Crippen molar-refractivity contribution in [3.63, 3.8) is 0 Å². The number of hydrogen-bond acceptors (Lipinski definition) is 3. The summed E-state index contributed by atoms with van der Waals surface area (Å²) in [5.41, 5.74) is 5.51. The number of carbonyl (C=O) groups excluding carboxylic acids is 1. The van der Waals surface area contributed by atoms with E-state index >= 15 is 0 Å². The molecule has 0 aromatic heterocycles. The van der Waals surface area contributed by atoms with Crippen LogP contribution in [0, 0.1) is 11.8 Å². The van der Waals surface area contributed by atoms with Crippen LogP contribution >= 0.6 is 0 Å². The monoisotopic (exact) mass is 213 g/mol. The fraction of sp³-hybridized carbons (Fsp3) is 0.909. The summed E-state index contributed by atoms with van der Waals surface area (Å²) in [5, 5.41) is 2.93. The molecule has 1 rings (SSSR count). The first-order valence-electron chi connectivity index (χ1n) is 5.81. The number of nitrogens with zero attached hydrogens (tertiary/aromatic N) is 1. The molecule has 0 saturated carbocycles. The Morgan fingerprint density at radius 2 is 2.20 bits per heavy atom. The Morgan fingerprint density at radius 1 is 1.53 bits per heavy atom. The maximum Gasteiger partial charge on any atom is 0.234 e. The van der Waals surface area contributed by atoms with Crippen LogP contribution in [-0.4, -0.2) is 43.5 Å². The number of rotatable bonds is 6. The third kappa shape index (κ3) is 4.62. The third-order valence-electron chi connectivity index (χ3n) is 2.78. The van der Waals surface area contributed by atoms with Crippen LogP contribution in [-0.2, 0) is 4.79 Å². The van der Waals surface area contributed by atoms with E-state index in [-0.39, 0.29) is 5.91 Å². The van der Waals surface area contributed by atoms with Gasteiger partial charge in [-0.1, -0.05) is 13.8 Å². The topological polar surface area (TPSA) is 58.4 Å². The molecule has 3 N–H and O–H groups in total. The lowest BCUT2D eigenvalue weighted by Crippen LogP contribution is -2.53. The molecule has 0 atom stereocenters. The minimum Gasteiger partial charge on any atom is -0.355 e. The van der Waals surface area contributed by atoms with E-state index < -0.39 is 0 Å². The summed E-state index contributed by atoms with van der Waals surface area (Å²) in [4.78, 5) is 13.6. The van der Waals surface area contributed by atoms with Crippen LogP contribution in [0.4, 0.5) is 0 Å². The molecule has 1 aliphatic rings. The van der Waals surface area contributed by atoms with Crippen LogP contribution in [0.15, 0.2) is 0 Å². The van der Waals surface area contributed by atoms with Crippen molar-refractivity contribution in [2.75, 3.05) is 32.7 Å². The highest BCUT2D eigenvalue weighted by atomic mass is 16.2. The van der Waals surface area contributed by atoms with E-state index in [2.05, 4.69) is 24.1 Å². The SMILES string of the molecule is CC(C)CCNC(=O)CN1CC(CN)C1. The molecule has 0 unspecified atom stereocenters. The molecule has 0 aromatic carbocycles. The zero-order valence-corrected chi connectivity index (χ0v) is 9.83. The largest absolute Gasteiger partial charge is 0.355 e. The summed E-state index contributed by atoms with van der Waals surface area (Å²) in [5.74, 6) is 1.40. The minimum absolute atomic E-state index is 0.145. The highest BCUT2D eigenvalue weighted by molar-refractivity contribution is 5.78. The summed E-state index contributed by atoms with van der Waals surface area (Å²) in [6.45, 7) is 8.35. The Balaban J connectivity index is 2.00. The number of nitrogens with two attached hydrogens (primary N) is 1. The lowest BCUT2D eigenvalue weighted by molar-refractivity contribution is -0.123. The molecular formula is C11H23N3O. The summed E-state index contributed by atoms with van der Waals surface area (Å²) in [6.07, 6.45) is 1.05. The van der Waals surface area contributed by atoms with Crippen LogP contribution in [0.25, 0.3) is 0 Å². The van der Waals surface area contributed by atoms with E-state index in [1.165, 1.54) is 0 Å². The quantitative estimate of drug-likeness (QED) is 0.655. The lowest BCUT2D eigenvalue weighted by Gasteiger charge is -2.37. The summed E-state index contributed by atoms with van der Waals surface area (Å²) >= 11 is 0. The first-order chi connectivity index (χ1) is 7.11. The second kappa shape index (κ2) is 6.08. The molecule has 0 spiro atoms. The molecule has 0 radical (unpaired) electrons. The first kappa shape index (κ1) is 12.5. The lowest BCUT2D eigenvalue weighted by atomic mass is 10.0. The summed E-state index contributed by atoms with van der Waals surface area (Å²) in [7, 11) is 0. The molecule has 15 heavy (non-hydrogen) atoms. The maximum atomic E-state index is 11.4. The molecule has 88 valence electrons. The Kier molecular flexibility index (Phi) is 5.05. The van der Waals surface area contributed by atoms with Crippen molar-refractivity contribution in [2.24, 2.45) is 17.6 Å². The molecule has 1 aliphatic heterocycles. The van der Waals surface area contributed by atoms with E-state index in [0.717, 1.165) is 32.6 Å². The fourth-order valence-electron chi connectivity index (χ4n) is 1.71. The zero-order valence-electron chi connectivity index (χ0n) is 9.83. The molecule has 1 heterocycles. The van der Waals surface area contributed by atoms with Gasteiger partial charge in [-0.15, -0.1) is 0 Å². The Morgan fingerprint density at radius 3 is 2.73 bits per heavy atom. The van der Waals surface area contributed by atoms with Crippen LogP contribution in [0.1, 0.15) is 20.3 Å². The van der Waals surface area contributed by atoms with Gasteiger partial charge in [-0.2, -0.15) is 0 Å². The second-order valence-electron chi connectivity index (χ2n) is 4.83. The average molecular weight is 213 g/mol. The van der Waals surface area contributed by atoms with Gasteiger partial charge >= 0.3 is 0 Å². The summed E-state index contributed by atoms with van der Waals surface area (Å²) in [6, 6.07) is 0. The zero-order chi connectivity index (χ0) is 11.3. The van der Waals surface area contributed by atoms with Crippen molar-refractivity contribution in [3.8, 4) is 0 Å². The Bertz CT molecular complexity index is 200. The van der Waals surface area contributed by atoms with Gasteiger partial charge in [-0.3, -0.25) is 9.69 Å². The predicted molar refractivity (Wildman–Crippen MR) is 61.4 cm³/mol. The summed E-state index contributed by atoms with van der Waals surface area (Å²) < 4.78 is 0. The number of carbonyl (C=O) groups is 1. The highest BCUT2D eigenvalue weighted by Gasteiger charge is 2.26. The van der Waals surface area contributed by atoms with E-state index in [1.807, 2.05) is 0 Å². The molecule has 0 bridgehead atoms. The van der Waals surface area contributed by atoms with Gasteiger partial charge in [0.15, 0.2) is 0 Å². The van der Waals surface area contributed by atoms with Gasteiger partial charge < -0.3 is 11.1 Å². The fourth-order valence-corrected chi connectivity index (χ4v) is 1.71. The predicted octanol–water partition coefficient (Wildman–Crippen LogP) is 0.0392. The van der Waals surface area contributed by atoms with E-state index in [4.69, 9.17) is 5.73 Å². The van der Waals surface area contributed by atoms with Crippen molar-refractivity contribution in [1.82, 2.24) is 10.2 Å². The van der Waals surface area contributed by atoms with E-state index in [0.29, 0.717) is 18.4 Å². The van der Waals surface area contributed by atoms with Gasteiger partial charge in [-0.05, 0) is 24.8 Å². The van der Waals surface area contributed by atoms with Gasteiger partial charge in [0.25, 0.3) is 0 Å². The molecule has 1 fully saturated rings. The number of amides is 1. The van der Waals surface area contributed by atoms with Gasteiger partial charge in [0.1, 0.15) is 0 Å². The van der Waals surface area contributed by atoms with Gasteiger partial charge in [0.05, 0.1) is 6.54 Å². The van der Waals surface area contributed by atoms with Crippen molar-refractivity contribution < 1.29 is 4.79 Å². The van der Waals surface area contributed by atoms with Crippen LogP contribution in [0.3, 0.4) is 0 Å². The maximum absolute atomic E-state index is 11.4. The minimum atomic E-state index is 0.145. The highest BCUT2D eigenvalue weighted by Crippen LogP contribution is 2.12. The van der Waals surface area contributed by atoms with Crippen molar-refractivity contribution >= 4 is 5.91 Å². The van der Waals surface area contributed by atoms with Crippen molar-refractivity contribution in [1.29, 1.82) is 0 Å². The average Bonchev–Trinajstić information content (AvgIpc) is 2.09. The Hall–Kier alpha value is -0.610. The molecule has 4 nitrogen and oxygen atoms in total. The second-order valence-corrected chi connectivity index (χ2v) is 4.83. The van der Waals surface area contributed by atoms with Crippen molar-refractivity contribution in [3.05, 3.63) is 0 Å². The van der Waals surface area contributed by atoms with Crippen LogP contribution < -0.4 is 11.1 Å². The van der Waals surface area contributed by atoms with Gasteiger partial charge in [0.2, 0.25) is 5.91 Å².